The topological polar surface area (TPSA) is 90.1 Å². The summed E-state index contributed by atoms with van der Waals surface area (Å²) >= 11 is 0. The maximum atomic E-state index is 4.80. The van der Waals surface area contributed by atoms with Crippen LogP contribution < -0.4 is 0 Å². The van der Waals surface area contributed by atoms with E-state index in [9.17, 15) is 0 Å². The zero-order valence-electron chi connectivity index (χ0n) is 20.7. The zero-order valence-corrected chi connectivity index (χ0v) is 20.7. The molecule has 0 spiro atoms. The smallest absolute Gasteiger partial charge is 0.196 e. The van der Waals surface area contributed by atoms with Gasteiger partial charge in [0.1, 0.15) is 5.82 Å². The second kappa shape index (κ2) is 11.7. The fraction of sp³-hybridized carbons (Fsp3) is 0.500. The molecule has 0 radical (unpaired) electrons. The largest absolute Gasteiger partial charge is 0.311 e. The molecule has 8 nitrogen and oxygen atoms in total. The van der Waals surface area contributed by atoms with Gasteiger partial charge in [0.2, 0.25) is 0 Å². The molecule has 0 bridgehead atoms. The summed E-state index contributed by atoms with van der Waals surface area (Å²) in [5.41, 5.74) is 4.58. The Labute approximate surface area is 201 Å². The highest BCUT2D eigenvalue weighted by Gasteiger charge is 2.15. The highest BCUT2D eigenvalue weighted by Crippen LogP contribution is 2.25. The van der Waals surface area contributed by atoms with Crippen LogP contribution in [0.3, 0.4) is 0 Å². The van der Waals surface area contributed by atoms with E-state index in [0.29, 0.717) is 5.82 Å². The predicted octanol–water partition coefficient (Wildman–Crippen LogP) is 5.33. The Morgan fingerprint density at radius 3 is 2.35 bits per heavy atom. The molecule has 0 aliphatic carbocycles. The molecule has 0 saturated carbocycles. The third kappa shape index (κ3) is 5.61. The molecule has 3 heterocycles. The van der Waals surface area contributed by atoms with Crippen molar-refractivity contribution in [1.82, 2.24) is 40.0 Å². The number of aromatic nitrogens is 8. The first kappa shape index (κ1) is 23.9. The minimum absolute atomic E-state index is 0.678. The van der Waals surface area contributed by atoms with Crippen molar-refractivity contribution in [3.05, 3.63) is 59.3 Å². The zero-order chi connectivity index (χ0) is 23.8. The van der Waals surface area contributed by atoms with Crippen molar-refractivity contribution < 1.29 is 0 Å². The molecule has 0 aliphatic rings. The molecule has 0 amide bonds. The van der Waals surface area contributed by atoms with Gasteiger partial charge >= 0.3 is 0 Å². The van der Waals surface area contributed by atoms with Crippen molar-refractivity contribution in [3.63, 3.8) is 0 Å². The van der Waals surface area contributed by atoms with Crippen molar-refractivity contribution in [1.29, 1.82) is 0 Å². The van der Waals surface area contributed by atoms with E-state index in [2.05, 4.69) is 87.0 Å². The van der Waals surface area contributed by atoms with Gasteiger partial charge in [-0.15, -0.1) is 5.10 Å². The standard InChI is InChI=1S/C26H36N8/c1-4-7-9-11-21-17-18-23(26-28-31-32-29-26)34(21)22-15-13-20(14-16-22)19-33-25(12-8-5-2)27-24(30-33)10-6-3/h13-18H,4-12,19H2,1-3H3,(H,28,29,31,32). The Kier molecular flexibility index (Phi) is 8.22. The van der Waals surface area contributed by atoms with Gasteiger partial charge in [0.05, 0.1) is 12.2 Å². The molecule has 1 N–H and O–H groups in total. The molecule has 4 aromatic rings. The van der Waals surface area contributed by atoms with Gasteiger partial charge in [0.15, 0.2) is 11.6 Å². The third-order valence-electron chi connectivity index (χ3n) is 6.13. The molecular weight excluding hydrogens is 424 g/mol. The first-order chi connectivity index (χ1) is 16.7. The van der Waals surface area contributed by atoms with Crippen molar-refractivity contribution in [2.45, 2.75) is 85.1 Å². The van der Waals surface area contributed by atoms with Gasteiger partial charge in [-0.25, -0.2) is 14.8 Å². The fourth-order valence-electron chi connectivity index (χ4n) is 4.31. The number of benzene rings is 1. The molecule has 0 fully saturated rings. The van der Waals surface area contributed by atoms with Crippen molar-refractivity contribution in [2.75, 3.05) is 0 Å². The van der Waals surface area contributed by atoms with Gasteiger partial charge < -0.3 is 4.57 Å². The molecule has 180 valence electrons. The van der Waals surface area contributed by atoms with Crippen molar-refractivity contribution in [3.8, 4) is 17.2 Å². The van der Waals surface area contributed by atoms with Crippen molar-refractivity contribution in [2.24, 2.45) is 0 Å². The molecule has 1 aromatic carbocycles. The Balaban J connectivity index is 1.59. The predicted molar refractivity (Wildman–Crippen MR) is 134 cm³/mol. The number of hydrogen-bond donors (Lipinski definition) is 1. The van der Waals surface area contributed by atoms with E-state index in [0.717, 1.165) is 68.1 Å². The number of unbranched alkanes of at least 4 members (excludes halogenated alkanes) is 3. The van der Waals surface area contributed by atoms with E-state index >= 15 is 0 Å². The number of nitrogens with zero attached hydrogens (tertiary/aromatic N) is 7. The first-order valence-electron chi connectivity index (χ1n) is 12.7. The SMILES string of the molecule is CCCCCc1ccc(-c2nnn[nH]2)n1-c1ccc(Cn2nc(CCC)nc2CCCC)cc1. The number of aromatic amines is 1. The highest BCUT2D eigenvalue weighted by molar-refractivity contribution is 5.56. The second-order valence-electron chi connectivity index (χ2n) is 8.87. The second-order valence-corrected chi connectivity index (χ2v) is 8.87. The Hall–Kier alpha value is -3.29. The van der Waals surface area contributed by atoms with Crippen LogP contribution in [0.5, 0.6) is 0 Å². The van der Waals surface area contributed by atoms with E-state index in [1.165, 1.54) is 30.5 Å². The van der Waals surface area contributed by atoms with Gasteiger partial charge in [0.25, 0.3) is 0 Å². The average Bonchev–Trinajstić information content (AvgIpc) is 3.59. The normalized spacial score (nSPS) is 11.4. The van der Waals surface area contributed by atoms with Crippen LogP contribution in [0.1, 0.15) is 82.2 Å². The Bertz CT molecular complexity index is 1140. The van der Waals surface area contributed by atoms with Gasteiger partial charge in [-0.2, -0.15) is 5.10 Å². The molecule has 4 rings (SSSR count). The van der Waals surface area contributed by atoms with Crippen LogP contribution in [-0.2, 0) is 25.8 Å². The molecule has 0 atom stereocenters. The van der Waals surface area contributed by atoms with Crippen LogP contribution in [-0.4, -0.2) is 40.0 Å². The van der Waals surface area contributed by atoms with E-state index in [1.54, 1.807) is 0 Å². The molecule has 8 heteroatoms. The van der Waals surface area contributed by atoms with Gasteiger partial charge in [-0.1, -0.05) is 52.2 Å². The van der Waals surface area contributed by atoms with Crippen LogP contribution in [0, 0.1) is 0 Å². The summed E-state index contributed by atoms with van der Waals surface area (Å²) in [6.07, 6.45) is 9.88. The summed E-state index contributed by atoms with van der Waals surface area (Å²) in [7, 11) is 0. The molecular formula is C26H36N8. The average molecular weight is 461 g/mol. The summed E-state index contributed by atoms with van der Waals surface area (Å²) in [6, 6.07) is 13.0. The van der Waals surface area contributed by atoms with E-state index in [4.69, 9.17) is 10.1 Å². The Morgan fingerprint density at radius 2 is 1.65 bits per heavy atom. The van der Waals surface area contributed by atoms with Crippen molar-refractivity contribution >= 4 is 0 Å². The van der Waals surface area contributed by atoms with Crippen LogP contribution in [0.2, 0.25) is 0 Å². The fourth-order valence-corrected chi connectivity index (χ4v) is 4.31. The van der Waals surface area contributed by atoms with Gasteiger partial charge in [0, 0.05) is 24.2 Å². The number of hydrogen-bond acceptors (Lipinski definition) is 5. The van der Waals surface area contributed by atoms with E-state index < -0.39 is 0 Å². The Morgan fingerprint density at radius 1 is 0.824 bits per heavy atom. The number of tetrazole rings is 1. The molecule has 0 unspecified atom stereocenters. The minimum Gasteiger partial charge on any atom is -0.311 e. The van der Waals surface area contributed by atoms with E-state index in [1.807, 2.05) is 0 Å². The monoisotopic (exact) mass is 460 g/mol. The quantitative estimate of drug-likeness (QED) is 0.273. The third-order valence-corrected chi connectivity index (χ3v) is 6.13. The summed E-state index contributed by atoms with van der Waals surface area (Å²) in [6.45, 7) is 7.36. The molecule has 34 heavy (non-hydrogen) atoms. The maximum absolute atomic E-state index is 4.80. The lowest BCUT2D eigenvalue weighted by molar-refractivity contribution is 0.613. The lowest BCUT2D eigenvalue weighted by atomic mass is 10.1. The number of H-pyrrole nitrogens is 1. The summed E-state index contributed by atoms with van der Waals surface area (Å²) in [5.74, 6) is 2.73. The number of aryl methyl sites for hydroxylation is 3. The number of rotatable bonds is 13. The van der Waals surface area contributed by atoms with Gasteiger partial charge in [-0.3, -0.25) is 0 Å². The molecule has 3 aromatic heterocycles. The molecule has 0 saturated heterocycles. The minimum atomic E-state index is 0.678. The maximum Gasteiger partial charge on any atom is 0.196 e. The molecule has 0 aliphatic heterocycles. The number of nitrogens with one attached hydrogen (secondary N) is 1. The van der Waals surface area contributed by atoms with Gasteiger partial charge in [-0.05, 0) is 65.9 Å². The summed E-state index contributed by atoms with van der Waals surface area (Å²) in [5, 5.41) is 19.4. The summed E-state index contributed by atoms with van der Waals surface area (Å²) in [4.78, 5) is 4.80. The van der Waals surface area contributed by atoms with E-state index in [-0.39, 0.29) is 0 Å². The first-order valence-corrected chi connectivity index (χ1v) is 12.7. The highest BCUT2D eigenvalue weighted by atomic mass is 15.5. The lowest BCUT2D eigenvalue weighted by Gasteiger charge is -2.13. The van der Waals surface area contributed by atoms with Crippen LogP contribution in [0.4, 0.5) is 0 Å². The van der Waals surface area contributed by atoms with Crippen LogP contribution in [0.25, 0.3) is 17.2 Å². The van der Waals surface area contributed by atoms with Crippen LogP contribution >= 0.6 is 0 Å². The summed E-state index contributed by atoms with van der Waals surface area (Å²) < 4.78 is 4.36. The van der Waals surface area contributed by atoms with Crippen LogP contribution in [0.15, 0.2) is 36.4 Å². The lowest BCUT2D eigenvalue weighted by Crippen LogP contribution is -2.08.